The lowest BCUT2D eigenvalue weighted by Gasteiger charge is -2.09. The van der Waals surface area contributed by atoms with E-state index in [1.165, 1.54) is 6.33 Å². The van der Waals surface area contributed by atoms with Gasteiger partial charge in [0, 0.05) is 5.56 Å². The SMILES string of the molecule is Nc1ncnc2n[nH]c(-c3ccc(Oc4ccccc4)c(Cl)c3)c12. The van der Waals surface area contributed by atoms with Crippen LogP contribution in [0.2, 0.25) is 5.02 Å². The monoisotopic (exact) mass is 337 g/mol. The van der Waals surface area contributed by atoms with Gasteiger partial charge < -0.3 is 10.5 Å². The highest BCUT2D eigenvalue weighted by Gasteiger charge is 2.14. The van der Waals surface area contributed by atoms with Crippen molar-refractivity contribution in [2.24, 2.45) is 0 Å². The molecule has 0 aliphatic rings. The molecule has 24 heavy (non-hydrogen) atoms. The summed E-state index contributed by atoms with van der Waals surface area (Å²) < 4.78 is 5.79. The van der Waals surface area contributed by atoms with E-state index in [-0.39, 0.29) is 0 Å². The Balaban J connectivity index is 1.73. The Bertz CT molecular complexity index is 1020. The quantitative estimate of drug-likeness (QED) is 0.588. The van der Waals surface area contributed by atoms with Gasteiger partial charge in [-0.15, -0.1) is 0 Å². The molecule has 0 amide bonds. The summed E-state index contributed by atoms with van der Waals surface area (Å²) in [6, 6.07) is 14.9. The van der Waals surface area contributed by atoms with E-state index in [1.54, 1.807) is 12.1 Å². The molecule has 0 saturated heterocycles. The van der Waals surface area contributed by atoms with Crippen LogP contribution < -0.4 is 10.5 Å². The summed E-state index contributed by atoms with van der Waals surface area (Å²) in [5.74, 6) is 1.65. The average molecular weight is 338 g/mol. The second-order valence-electron chi connectivity index (χ2n) is 5.12. The Labute approximate surface area is 142 Å². The van der Waals surface area contributed by atoms with Gasteiger partial charge in [0.05, 0.1) is 16.1 Å². The maximum absolute atomic E-state index is 6.37. The van der Waals surface area contributed by atoms with Crippen molar-refractivity contribution in [2.75, 3.05) is 5.73 Å². The number of nitrogens with two attached hydrogens (primary N) is 1. The van der Waals surface area contributed by atoms with E-state index in [4.69, 9.17) is 22.1 Å². The predicted molar refractivity (Wildman–Crippen MR) is 93.1 cm³/mol. The number of ether oxygens (including phenoxy) is 1. The molecule has 0 atom stereocenters. The van der Waals surface area contributed by atoms with Gasteiger partial charge in [-0.1, -0.05) is 29.8 Å². The molecule has 4 rings (SSSR count). The number of rotatable bonds is 3. The van der Waals surface area contributed by atoms with Crippen molar-refractivity contribution < 1.29 is 4.74 Å². The van der Waals surface area contributed by atoms with Gasteiger partial charge in [-0.05, 0) is 30.3 Å². The predicted octanol–water partition coefficient (Wildman–Crippen LogP) is 4.05. The van der Waals surface area contributed by atoms with Crippen LogP contribution in [0.15, 0.2) is 54.9 Å². The van der Waals surface area contributed by atoms with Crippen molar-refractivity contribution in [1.29, 1.82) is 0 Å². The molecule has 3 N–H and O–H groups in total. The lowest BCUT2D eigenvalue weighted by Crippen LogP contribution is -1.92. The van der Waals surface area contributed by atoms with Gasteiger partial charge in [-0.25, -0.2) is 9.97 Å². The minimum Gasteiger partial charge on any atom is -0.456 e. The fraction of sp³-hybridized carbons (Fsp3) is 0. The minimum absolute atomic E-state index is 0.365. The number of nitrogens with one attached hydrogen (secondary N) is 1. The summed E-state index contributed by atoms with van der Waals surface area (Å²) in [6.07, 6.45) is 1.38. The number of fused-ring (bicyclic) bond motifs is 1. The molecule has 2 aromatic heterocycles. The van der Waals surface area contributed by atoms with E-state index in [1.807, 2.05) is 36.4 Å². The van der Waals surface area contributed by atoms with Crippen LogP contribution in [-0.4, -0.2) is 20.2 Å². The average Bonchev–Trinajstić information content (AvgIpc) is 3.03. The molecule has 6 nitrogen and oxygen atoms in total. The third-order valence-electron chi connectivity index (χ3n) is 3.57. The van der Waals surface area contributed by atoms with E-state index in [9.17, 15) is 0 Å². The summed E-state index contributed by atoms with van der Waals surface area (Å²) in [7, 11) is 0. The summed E-state index contributed by atoms with van der Waals surface area (Å²) in [5.41, 5.74) is 7.99. The van der Waals surface area contributed by atoms with Gasteiger partial charge in [0.2, 0.25) is 0 Å². The molecule has 0 aliphatic carbocycles. The van der Waals surface area contributed by atoms with E-state index < -0.39 is 0 Å². The highest BCUT2D eigenvalue weighted by atomic mass is 35.5. The molecule has 0 aliphatic heterocycles. The Morgan fingerprint density at radius 2 is 1.88 bits per heavy atom. The molecular weight excluding hydrogens is 326 g/mol. The van der Waals surface area contributed by atoms with E-state index >= 15 is 0 Å². The van der Waals surface area contributed by atoms with Crippen molar-refractivity contribution in [3.63, 3.8) is 0 Å². The standard InChI is InChI=1S/C17H12ClN5O/c18-12-8-10(6-7-13(12)24-11-4-2-1-3-5-11)15-14-16(19)20-9-21-17(14)23-22-15/h1-9H,(H3,19,20,21,22,23). The van der Waals surface area contributed by atoms with Gasteiger partial charge in [-0.3, -0.25) is 5.10 Å². The van der Waals surface area contributed by atoms with Crippen molar-refractivity contribution in [2.45, 2.75) is 0 Å². The Morgan fingerprint density at radius 1 is 1.04 bits per heavy atom. The molecule has 0 unspecified atom stereocenters. The molecule has 2 aromatic carbocycles. The van der Waals surface area contributed by atoms with Gasteiger partial charge in [-0.2, -0.15) is 5.10 Å². The van der Waals surface area contributed by atoms with Crippen molar-refractivity contribution in [3.8, 4) is 22.8 Å². The molecule has 0 spiro atoms. The number of aromatic amines is 1. The Morgan fingerprint density at radius 3 is 2.67 bits per heavy atom. The van der Waals surface area contributed by atoms with Crippen LogP contribution in [-0.2, 0) is 0 Å². The molecule has 0 bridgehead atoms. The highest BCUT2D eigenvalue weighted by molar-refractivity contribution is 6.32. The molecule has 4 aromatic rings. The zero-order valence-corrected chi connectivity index (χ0v) is 13.2. The summed E-state index contributed by atoms with van der Waals surface area (Å²) >= 11 is 6.37. The molecule has 118 valence electrons. The van der Waals surface area contributed by atoms with E-state index in [0.29, 0.717) is 27.6 Å². The highest BCUT2D eigenvalue weighted by Crippen LogP contribution is 2.35. The first-order valence-electron chi connectivity index (χ1n) is 7.20. The normalized spacial score (nSPS) is 10.9. The Kier molecular flexibility index (Phi) is 3.51. The number of hydrogen-bond donors (Lipinski definition) is 2. The molecule has 7 heteroatoms. The third-order valence-corrected chi connectivity index (χ3v) is 3.87. The number of nitrogen functional groups attached to an aromatic ring is 1. The second kappa shape index (κ2) is 5.82. The van der Waals surface area contributed by atoms with Crippen molar-refractivity contribution in [1.82, 2.24) is 20.2 Å². The second-order valence-corrected chi connectivity index (χ2v) is 5.52. The number of nitrogens with zero attached hydrogens (tertiary/aromatic N) is 3. The van der Waals surface area contributed by atoms with Crippen LogP contribution in [0, 0.1) is 0 Å². The molecular formula is C17H12ClN5O. The summed E-state index contributed by atoms with van der Waals surface area (Å²) in [4.78, 5) is 8.10. The van der Waals surface area contributed by atoms with Crippen LogP contribution in [0.4, 0.5) is 5.82 Å². The van der Waals surface area contributed by atoms with Gasteiger partial charge >= 0.3 is 0 Å². The maximum atomic E-state index is 6.37. The molecule has 0 radical (unpaired) electrons. The smallest absolute Gasteiger partial charge is 0.186 e. The summed E-state index contributed by atoms with van der Waals surface area (Å²) in [5, 5.41) is 8.23. The van der Waals surface area contributed by atoms with Gasteiger partial charge in [0.25, 0.3) is 0 Å². The van der Waals surface area contributed by atoms with Crippen LogP contribution in [0.3, 0.4) is 0 Å². The first-order valence-corrected chi connectivity index (χ1v) is 7.57. The van der Waals surface area contributed by atoms with Crippen LogP contribution >= 0.6 is 11.6 Å². The number of hydrogen-bond acceptors (Lipinski definition) is 5. The summed E-state index contributed by atoms with van der Waals surface area (Å²) in [6.45, 7) is 0. The number of H-pyrrole nitrogens is 1. The maximum Gasteiger partial charge on any atom is 0.186 e. The lowest BCUT2D eigenvalue weighted by molar-refractivity contribution is 0.483. The first-order chi connectivity index (χ1) is 11.7. The number of halogens is 1. The topological polar surface area (TPSA) is 89.7 Å². The first kappa shape index (κ1) is 14.5. The number of para-hydroxylation sites is 1. The number of benzene rings is 2. The van der Waals surface area contributed by atoms with Crippen molar-refractivity contribution >= 4 is 28.5 Å². The van der Waals surface area contributed by atoms with Crippen LogP contribution in [0.25, 0.3) is 22.3 Å². The zero-order chi connectivity index (χ0) is 16.5. The van der Waals surface area contributed by atoms with Gasteiger partial charge in [0.15, 0.2) is 5.65 Å². The van der Waals surface area contributed by atoms with E-state index in [2.05, 4.69) is 20.2 Å². The lowest BCUT2D eigenvalue weighted by atomic mass is 10.1. The number of anilines is 1. The minimum atomic E-state index is 0.365. The zero-order valence-electron chi connectivity index (χ0n) is 12.4. The molecule has 0 fully saturated rings. The Hall–Kier alpha value is -3.12. The van der Waals surface area contributed by atoms with Crippen LogP contribution in [0.1, 0.15) is 0 Å². The number of aromatic nitrogens is 4. The van der Waals surface area contributed by atoms with Crippen LogP contribution in [0.5, 0.6) is 11.5 Å². The largest absolute Gasteiger partial charge is 0.456 e. The van der Waals surface area contributed by atoms with E-state index in [0.717, 1.165) is 17.0 Å². The fourth-order valence-corrected chi connectivity index (χ4v) is 2.66. The molecule has 2 heterocycles. The molecule has 0 saturated carbocycles. The fourth-order valence-electron chi connectivity index (χ4n) is 2.44. The van der Waals surface area contributed by atoms with Crippen molar-refractivity contribution in [3.05, 3.63) is 59.9 Å². The third kappa shape index (κ3) is 2.53. The van der Waals surface area contributed by atoms with Gasteiger partial charge in [0.1, 0.15) is 23.6 Å².